The minimum Gasteiger partial charge on any atom is -0.305 e. The van der Waals surface area contributed by atoms with E-state index in [1.54, 1.807) is 0 Å². The van der Waals surface area contributed by atoms with Gasteiger partial charge in [-0.2, -0.15) is 5.10 Å². The Balaban J connectivity index is 2.42. The largest absolute Gasteiger partial charge is 0.305 e. The second-order valence-electron chi connectivity index (χ2n) is 5.03. The molecule has 21 heavy (non-hydrogen) atoms. The highest BCUT2D eigenvalue weighted by atomic mass is 127. The molecule has 0 saturated heterocycles. The van der Waals surface area contributed by atoms with Crippen LogP contribution in [0, 0.1) is 3.57 Å². The van der Waals surface area contributed by atoms with Crippen molar-refractivity contribution in [2.75, 3.05) is 6.54 Å². The van der Waals surface area contributed by atoms with Crippen LogP contribution in [0.3, 0.4) is 0 Å². The zero-order valence-electron chi connectivity index (χ0n) is 12.4. The van der Waals surface area contributed by atoms with E-state index in [2.05, 4.69) is 91.7 Å². The van der Waals surface area contributed by atoms with Crippen molar-refractivity contribution in [2.24, 2.45) is 0 Å². The summed E-state index contributed by atoms with van der Waals surface area (Å²) in [6, 6.07) is 8.77. The average molecular weight is 462 g/mol. The fourth-order valence-electron chi connectivity index (χ4n) is 2.39. The SMILES string of the molecule is CCCNC(c1cc(I)ccc1Br)c1ccnn1CCC. The Morgan fingerprint density at radius 2 is 2.10 bits per heavy atom. The fourth-order valence-corrected chi connectivity index (χ4v) is 3.38. The minimum absolute atomic E-state index is 0.170. The summed E-state index contributed by atoms with van der Waals surface area (Å²) in [5.74, 6) is 0. The van der Waals surface area contributed by atoms with Crippen LogP contribution in [-0.2, 0) is 6.54 Å². The summed E-state index contributed by atoms with van der Waals surface area (Å²) >= 11 is 6.06. The molecule has 0 radical (unpaired) electrons. The Morgan fingerprint density at radius 1 is 1.29 bits per heavy atom. The molecule has 1 atom stereocenters. The minimum atomic E-state index is 0.170. The molecule has 0 aliphatic rings. The molecular weight excluding hydrogens is 441 g/mol. The van der Waals surface area contributed by atoms with Gasteiger partial charge in [0, 0.05) is 20.8 Å². The Labute approximate surface area is 148 Å². The van der Waals surface area contributed by atoms with Crippen molar-refractivity contribution in [3.8, 4) is 0 Å². The molecule has 0 aliphatic carbocycles. The van der Waals surface area contributed by atoms with Gasteiger partial charge in [-0.05, 0) is 71.8 Å². The van der Waals surface area contributed by atoms with Crippen molar-refractivity contribution in [3.05, 3.63) is 49.8 Å². The number of nitrogens with zero attached hydrogens (tertiary/aromatic N) is 2. The molecule has 0 fully saturated rings. The van der Waals surface area contributed by atoms with Gasteiger partial charge in [-0.3, -0.25) is 4.68 Å². The third kappa shape index (κ3) is 4.29. The van der Waals surface area contributed by atoms with E-state index in [1.807, 2.05) is 6.20 Å². The molecular formula is C16H21BrIN3. The van der Waals surface area contributed by atoms with Gasteiger partial charge >= 0.3 is 0 Å². The van der Waals surface area contributed by atoms with Crippen molar-refractivity contribution in [1.82, 2.24) is 15.1 Å². The molecule has 1 aromatic carbocycles. The van der Waals surface area contributed by atoms with Crippen LogP contribution in [0.1, 0.15) is 44.0 Å². The van der Waals surface area contributed by atoms with Crippen LogP contribution in [0.4, 0.5) is 0 Å². The van der Waals surface area contributed by atoms with Crippen LogP contribution in [0.15, 0.2) is 34.9 Å². The maximum atomic E-state index is 4.47. The first-order valence-electron chi connectivity index (χ1n) is 7.37. The van der Waals surface area contributed by atoms with Gasteiger partial charge in [0.25, 0.3) is 0 Å². The number of hydrogen-bond acceptors (Lipinski definition) is 2. The Morgan fingerprint density at radius 3 is 2.81 bits per heavy atom. The molecule has 0 aliphatic heterocycles. The number of hydrogen-bond donors (Lipinski definition) is 1. The first-order valence-corrected chi connectivity index (χ1v) is 9.24. The first-order chi connectivity index (χ1) is 10.2. The molecule has 2 aromatic rings. The lowest BCUT2D eigenvalue weighted by Crippen LogP contribution is -2.26. The van der Waals surface area contributed by atoms with Crippen molar-refractivity contribution < 1.29 is 0 Å². The number of rotatable bonds is 7. The molecule has 1 aromatic heterocycles. The van der Waals surface area contributed by atoms with Gasteiger partial charge in [-0.15, -0.1) is 0 Å². The lowest BCUT2D eigenvalue weighted by molar-refractivity contribution is 0.510. The number of benzene rings is 1. The van der Waals surface area contributed by atoms with Gasteiger partial charge in [-0.1, -0.05) is 29.8 Å². The van der Waals surface area contributed by atoms with Gasteiger partial charge in [0.15, 0.2) is 0 Å². The van der Waals surface area contributed by atoms with E-state index in [1.165, 1.54) is 14.8 Å². The van der Waals surface area contributed by atoms with Gasteiger partial charge in [0.2, 0.25) is 0 Å². The number of nitrogens with one attached hydrogen (secondary N) is 1. The summed E-state index contributed by atoms with van der Waals surface area (Å²) in [6.45, 7) is 6.31. The molecule has 0 saturated carbocycles. The molecule has 1 unspecified atom stereocenters. The van der Waals surface area contributed by atoms with Crippen LogP contribution in [0.25, 0.3) is 0 Å². The lowest BCUT2D eigenvalue weighted by Gasteiger charge is -2.22. The van der Waals surface area contributed by atoms with E-state index in [9.17, 15) is 0 Å². The number of halogens is 2. The quantitative estimate of drug-likeness (QED) is 0.603. The lowest BCUT2D eigenvalue weighted by atomic mass is 10.0. The number of aromatic nitrogens is 2. The highest BCUT2D eigenvalue weighted by molar-refractivity contribution is 14.1. The summed E-state index contributed by atoms with van der Waals surface area (Å²) in [7, 11) is 0. The monoisotopic (exact) mass is 461 g/mol. The van der Waals surface area contributed by atoms with Gasteiger partial charge < -0.3 is 5.32 Å². The molecule has 0 bridgehead atoms. The summed E-state index contributed by atoms with van der Waals surface area (Å²) in [4.78, 5) is 0. The van der Waals surface area contributed by atoms with E-state index in [0.29, 0.717) is 0 Å². The molecule has 5 heteroatoms. The van der Waals surface area contributed by atoms with Crippen LogP contribution in [0.5, 0.6) is 0 Å². The Hall–Kier alpha value is -0.400. The Kier molecular flexibility index (Phi) is 6.70. The molecule has 0 amide bonds. The third-order valence-electron chi connectivity index (χ3n) is 3.35. The van der Waals surface area contributed by atoms with Crippen LogP contribution >= 0.6 is 38.5 Å². The van der Waals surface area contributed by atoms with Crippen LogP contribution < -0.4 is 5.32 Å². The average Bonchev–Trinajstić information content (AvgIpc) is 2.92. The van der Waals surface area contributed by atoms with E-state index in [-0.39, 0.29) is 6.04 Å². The van der Waals surface area contributed by atoms with Crippen molar-refractivity contribution in [2.45, 2.75) is 39.3 Å². The van der Waals surface area contributed by atoms with Gasteiger partial charge in [-0.25, -0.2) is 0 Å². The molecule has 3 nitrogen and oxygen atoms in total. The zero-order chi connectivity index (χ0) is 15.2. The predicted molar refractivity (Wildman–Crippen MR) is 99.5 cm³/mol. The topological polar surface area (TPSA) is 29.9 Å². The molecule has 2 rings (SSSR count). The molecule has 0 spiro atoms. The van der Waals surface area contributed by atoms with Crippen LogP contribution in [-0.4, -0.2) is 16.3 Å². The fraction of sp³-hybridized carbons (Fsp3) is 0.438. The Bertz CT molecular complexity index is 583. The molecule has 1 heterocycles. The molecule has 1 N–H and O–H groups in total. The predicted octanol–water partition coefficient (Wildman–Crippen LogP) is 4.75. The normalized spacial score (nSPS) is 12.6. The van der Waals surface area contributed by atoms with Gasteiger partial charge in [0.05, 0.1) is 11.7 Å². The number of aryl methyl sites for hydroxylation is 1. The summed E-state index contributed by atoms with van der Waals surface area (Å²) < 4.78 is 4.50. The zero-order valence-corrected chi connectivity index (χ0v) is 16.2. The second-order valence-corrected chi connectivity index (χ2v) is 7.13. The van der Waals surface area contributed by atoms with E-state index >= 15 is 0 Å². The van der Waals surface area contributed by atoms with Crippen molar-refractivity contribution in [3.63, 3.8) is 0 Å². The molecule has 114 valence electrons. The van der Waals surface area contributed by atoms with Gasteiger partial charge in [0.1, 0.15) is 0 Å². The highest BCUT2D eigenvalue weighted by Gasteiger charge is 2.20. The van der Waals surface area contributed by atoms with Crippen molar-refractivity contribution >= 4 is 38.5 Å². The van der Waals surface area contributed by atoms with E-state index in [0.717, 1.165) is 30.4 Å². The second kappa shape index (κ2) is 8.29. The van der Waals surface area contributed by atoms with Crippen molar-refractivity contribution in [1.29, 1.82) is 0 Å². The smallest absolute Gasteiger partial charge is 0.0759 e. The van der Waals surface area contributed by atoms with E-state index < -0.39 is 0 Å². The van der Waals surface area contributed by atoms with E-state index in [4.69, 9.17) is 0 Å². The summed E-state index contributed by atoms with van der Waals surface area (Å²) in [5.41, 5.74) is 2.50. The summed E-state index contributed by atoms with van der Waals surface area (Å²) in [6.07, 6.45) is 4.09. The first kappa shape index (κ1) is 17.0. The third-order valence-corrected chi connectivity index (χ3v) is 4.74. The standard InChI is InChI=1S/C16H21BrIN3/c1-3-8-19-16(13-11-12(18)5-6-14(13)17)15-7-9-20-21(15)10-4-2/h5-7,9,11,16,19H,3-4,8,10H2,1-2H3. The summed E-state index contributed by atoms with van der Waals surface area (Å²) in [5, 5.41) is 8.13. The highest BCUT2D eigenvalue weighted by Crippen LogP contribution is 2.30. The maximum absolute atomic E-state index is 4.47. The van der Waals surface area contributed by atoms with Crippen LogP contribution in [0.2, 0.25) is 0 Å². The maximum Gasteiger partial charge on any atom is 0.0759 e.